The Kier molecular flexibility index (Phi) is 4.60. The first-order chi connectivity index (χ1) is 10.3. The van der Waals surface area contributed by atoms with Crippen LogP contribution in [0.2, 0.25) is 10.0 Å². The van der Waals surface area contributed by atoms with Gasteiger partial charge >= 0.3 is 5.69 Å². The van der Waals surface area contributed by atoms with E-state index >= 15 is 0 Å². The Hall–Kier alpha value is -2.22. The number of nitro groups is 1. The standard InChI is InChI=1S/C13H10Cl2N2O5/c14-8-2-6(12(18)10(4-8)17(20)21)1-7-3-9(15)5-11(22-16)13(7)19/h2-5,18-19H,1,16H2. The van der Waals surface area contributed by atoms with Gasteiger partial charge in [0.1, 0.15) is 0 Å². The Morgan fingerprint density at radius 3 is 2.18 bits per heavy atom. The second kappa shape index (κ2) is 6.27. The van der Waals surface area contributed by atoms with Gasteiger partial charge in [0, 0.05) is 39.7 Å². The van der Waals surface area contributed by atoms with Gasteiger partial charge in [-0.2, -0.15) is 5.90 Å². The zero-order valence-corrected chi connectivity index (χ0v) is 12.4. The fourth-order valence-electron chi connectivity index (χ4n) is 1.97. The second-order valence-corrected chi connectivity index (χ2v) is 5.27. The lowest BCUT2D eigenvalue weighted by Gasteiger charge is -2.11. The van der Waals surface area contributed by atoms with Gasteiger partial charge < -0.3 is 15.1 Å². The number of rotatable bonds is 4. The highest BCUT2D eigenvalue weighted by Crippen LogP contribution is 2.38. The first kappa shape index (κ1) is 16.2. The number of aromatic hydroxyl groups is 2. The molecule has 0 saturated heterocycles. The number of phenolic OH excluding ortho intramolecular Hbond substituents is 2. The fourth-order valence-corrected chi connectivity index (χ4v) is 2.44. The second-order valence-electron chi connectivity index (χ2n) is 4.40. The third-order valence-corrected chi connectivity index (χ3v) is 3.39. The lowest BCUT2D eigenvalue weighted by molar-refractivity contribution is -0.385. The van der Waals surface area contributed by atoms with E-state index in [0.717, 1.165) is 6.07 Å². The van der Waals surface area contributed by atoms with Gasteiger partial charge in [-0.15, -0.1) is 0 Å². The summed E-state index contributed by atoms with van der Waals surface area (Å²) in [7, 11) is 0. The van der Waals surface area contributed by atoms with Gasteiger partial charge in [0.05, 0.1) is 4.92 Å². The van der Waals surface area contributed by atoms with Gasteiger partial charge in [0.15, 0.2) is 17.2 Å². The van der Waals surface area contributed by atoms with Gasteiger partial charge in [-0.05, 0) is 12.1 Å². The average Bonchev–Trinajstić information content (AvgIpc) is 2.45. The van der Waals surface area contributed by atoms with Crippen molar-refractivity contribution in [3.05, 3.63) is 55.6 Å². The molecule has 0 amide bonds. The summed E-state index contributed by atoms with van der Waals surface area (Å²) in [5.41, 5.74) is -0.112. The summed E-state index contributed by atoms with van der Waals surface area (Å²) in [6.07, 6.45) is -0.0595. The minimum Gasteiger partial charge on any atom is -0.504 e. The van der Waals surface area contributed by atoms with Crippen molar-refractivity contribution in [2.45, 2.75) is 6.42 Å². The van der Waals surface area contributed by atoms with Crippen LogP contribution < -0.4 is 10.7 Å². The number of nitrogens with two attached hydrogens (primary N) is 1. The van der Waals surface area contributed by atoms with Crippen LogP contribution in [0.15, 0.2) is 24.3 Å². The van der Waals surface area contributed by atoms with Crippen molar-refractivity contribution in [3.63, 3.8) is 0 Å². The number of benzene rings is 2. The summed E-state index contributed by atoms with van der Waals surface area (Å²) in [5, 5.41) is 31.2. The van der Waals surface area contributed by atoms with Crippen molar-refractivity contribution in [2.24, 2.45) is 5.90 Å². The molecule has 2 aromatic rings. The summed E-state index contributed by atoms with van der Waals surface area (Å²) >= 11 is 11.7. The summed E-state index contributed by atoms with van der Waals surface area (Å²) in [5.74, 6) is 4.14. The third kappa shape index (κ3) is 3.16. The molecule has 0 spiro atoms. The molecule has 2 aromatic carbocycles. The van der Waals surface area contributed by atoms with Crippen LogP contribution in [0.5, 0.6) is 17.2 Å². The fraction of sp³-hybridized carbons (Fsp3) is 0.0769. The highest BCUT2D eigenvalue weighted by atomic mass is 35.5. The zero-order chi connectivity index (χ0) is 16.4. The molecule has 0 bridgehead atoms. The van der Waals surface area contributed by atoms with E-state index in [4.69, 9.17) is 29.1 Å². The summed E-state index contributed by atoms with van der Waals surface area (Å²) in [4.78, 5) is 14.6. The van der Waals surface area contributed by atoms with Crippen LogP contribution in [0.3, 0.4) is 0 Å². The van der Waals surface area contributed by atoms with E-state index < -0.39 is 16.4 Å². The molecular weight excluding hydrogens is 335 g/mol. The number of phenols is 2. The maximum absolute atomic E-state index is 10.9. The van der Waals surface area contributed by atoms with Gasteiger partial charge in [0.2, 0.25) is 0 Å². The molecule has 4 N–H and O–H groups in total. The molecule has 7 nitrogen and oxygen atoms in total. The van der Waals surface area contributed by atoms with E-state index in [1.165, 1.54) is 18.2 Å². The van der Waals surface area contributed by atoms with E-state index in [9.17, 15) is 20.3 Å². The highest BCUT2D eigenvalue weighted by Gasteiger charge is 2.20. The molecule has 116 valence electrons. The van der Waals surface area contributed by atoms with Crippen molar-refractivity contribution >= 4 is 28.9 Å². The van der Waals surface area contributed by atoms with Crippen molar-refractivity contribution in [3.8, 4) is 17.2 Å². The topological polar surface area (TPSA) is 119 Å². The summed E-state index contributed by atoms with van der Waals surface area (Å²) in [6, 6.07) is 5.12. The molecule has 0 radical (unpaired) electrons. The number of nitro benzene ring substituents is 1. The molecule has 22 heavy (non-hydrogen) atoms. The molecule has 2 rings (SSSR count). The van der Waals surface area contributed by atoms with Gasteiger partial charge in [-0.3, -0.25) is 10.1 Å². The number of halogens is 2. The van der Waals surface area contributed by atoms with Crippen LogP contribution in [-0.2, 0) is 6.42 Å². The Morgan fingerprint density at radius 1 is 1.09 bits per heavy atom. The van der Waals surface area contributed by atoms with Crippen LogP contribution in [0.1, 0.15) is 11.1 Å². The molecule has 0 fully saturated rings. The van der Waals surface area contributed by atoms with Gasteiger partial charge in [-0.1, -0.05) is 23.2 Å². The first-order valence-electron chi connectivity index (χ1n) is 5.87. The minimum atomic E-state index is -0.753. The lowest BCUT2D eigenvalue weighted by Crippen LogP contribution is -2.03. The van der Waals surface area contributed by atoms with Crippen LogP contribution >= 0.6 is 23.2 Å². The maximum Gasteiger partial charge on any atom is 0.312 e. The van der Waals surface area contributed by atoms with E-state index in [2.05, 4.69) is 4.84 Å². The third-order valence-electron chi connectivity index (χ3n) is 2.96. The molecule has 0 aliphatic rings. The lowest BCUT2D eigenvalue weighted by atomic mass is 10.0. The molecule has 0 saturated carbocycles. The van der Waals surface area contributed by atoms with Crippen molar-refractivity contribution in [2.75, 3.05) is 0 Å². The summed E-state index contributed by atoms with van der Waals surface area (Å²) in [6.45, 7) is 0. The zero-order valence-electron chi connectivity index (χ0n) is 10.9. The molecule has 0 atom stereocenters. The highest BCUT2D eigenvalue weighted by molar-refractivity contribution is 6.31. The average molecular weight is 345 g/mol. The Morgan fingerprint density at radius 2 is 1.64 bits per heavy atom. The number of nitrogens with zero attached hydrogens (tertiary/aromatic N) is 1. The predicted molar refractivity (Wildman–Crippen MR) is 80.5 cm³/mol. The van der Waals surface area contributed by atoms with Crippen molar-refractivity contribution in [1.29, 1.82) is 0 Å². The van der Waals surface area contributed by atoms with E-state index in [1.54, 1.807) is 0 Å². The minimum absolute atomic E-state index is 0.0569. The Labute approximate surface area is 134 Å². The maximum atomic E-state index is 10.9. The molecule has 0 unspecified atom stereocenters. The van der Waals surface area contributed by atoms with Crippen molar-refractivity contribution < 1.29 is 20.0 Å². The SMILES string of the molecule is NOc1cc(Cl)cc(Cc2cc(Cl)cc([N+](=O)[O-])c2O)c1O. The van der Waals surface area contributed by atoms with E-state index in [1.807, 2.05) is 0 Å². The quantitative estimate of drug-likeness (QED) is 0.578. The van der Waals surface area contributed by atoms with E-state index in [-0.39, 0.29) is 39.1 Å². The molecule has 0 aliphatic heterocycles. The normalized spacial score (nSPS) is 10.5. The molecule has 0 aliphatic carbocycles. The van der Waals surface area contributed by atoms with Gasteiger partial charge in [0.25, 0.3) is 0 Å². The summed E-state index contributed by atoms with van der Waals surface area (Å²) < 4.78 is 0. The van der Waals surface area contributed by atoms with Crippen LogP contribution in [0, 0.1) is 10.1 Å². The Balaban J connectivity index is 2.52. The van der Waals surface area contributed by atoms with Gasteiger partial charge in [-0.25, -0.2) is 0 Å². The molecule has 9 heteroatoms. The Bertz CT molecular complexity index is 752. The number of hydrogen-bond acceptors (Lipinski definition) is 6. The molecule has 0 heterocycles. The van der Waals surface area contributed by atoms with Crippen LogP contribution in [-0.4, -0.2) is 15.1 Å². The monoisotopic (exact) mass is 344 g/mol. The first-order valence-corrected chi connectivity index (χ1v) is 6.63. The largest absolute Gasteiger partial charge is 0.504 e. The number of hydrogen-bond donors (Lipinski definition) is 3. The predicted octanol–water partition coefficient (Wildman–Crippen LogP) is 3.16. The van der Waals surface area contributed by atoms with Crippen LogP contribution in [0.25, 0.3) is 0 Å². The molecule has 0 aromatic heterocycles. The van der Waals surface area contributed by atoms with Crippen molar-refractivity contribution in [1.82, 2.24) is 0 Å². The van der Waals surface area contributed by atoms with E-state index in [0.29, 0.717) is 0 Å². The molecular formula is C13H10Cl2N2O5. The smallest absolute Gasteiger partial charge is 0.312 e. The van der Waals surface area contributed by atoms with Crippen LogP contribution in [0.4, 0.5) is 5.69 Å².